The van der Waals surface area contributed by atoms with Crippen molar-refractivity contribution < 1.29 is 9.13 Å². The van der Waals surface area contributed by atoms with E-state index in [1.165, 1.54) is 6.33 Å². The predicted octanol–water partition coefficient (Wildman–Crippen LogP) is 2.22. The van der Waals surface area contributed by atoms with Gasteiger partial charge in [0.05, 0.1) is 18.9 Å². The first kappa shape index (κ1) is 19.4. The summed E-state index contributed by atoms with van der Waals surface area (Å²) in [7, 11) is 2.09. The average Bonchev–Trinajstić information content (AvgIpc) is 3.65. The van der Waals surface area contributed by atoms with E-state index in [1.54, 1.807) is 0 Å². The lowest BCUT2D eigenvalue weighted by molar-refractivity contribution is 0.122. The molecule has 0 radical (unpaired) electrons. The molecule has 5 rings (SSSR count). The third kappa shape index (κ3) is 3.90. The van der Waals surface area contributed by atoms with Crippen molar-refractivity contribution in [2.45, 2.75) is 37.6 Å². The van der Waals surface area contributed by atoms with E-state index >= 15 is 0 Å². The maximum absolute atomic E-state index is 14.9. The highest BCUT2D eigenvalue weighted by Crippen LogP contribution is 2.41. The zero-order chi connectivity index (χ0) is 20.5. The van der Waals surface area contributed by atoms with Crippen LogP contribution in [0.15, 0.2) is 18.6 Å². The van der Waals surface area contributed by atoms with Crippen LogP contribution in [0.2, 0.25) is 0 Å². The number of piperidine rings is 1. The van der Waals surface area contributed by atoms with Gasteiger partial charge in [-0.15, -0.1) is 0 Å². The Hall–Kier alpha value is -2.55. The highest BCUT2D eigenvalue weighted by Gasteiger charge is 2.32. The van der Waals surface area contributed by atoms with Crippen molar-refractivity contribution in [3.8, 4) is 0 Å². The molecular formula is C21H28FN7O. The Kier molecular flexibility index (Phi) is 5.37. The van der Waals surface area contributed by atoms with Gasteiger partial charge in [-0.25, -0.2) is 19.3 Å². The lowest BCUT2D eigenvalue weighted by Gasteiger charge is -2.38. The molecule has 2 saturated heterocycles. The lowest BCUT2D eigenvalue weighted by atomic mass is 10.0. The molecular weight excluding hydrogens is 385 g/mol. The van der Waals surface area contributed by atoms with Gasteiger partial charge in [0.1, 0.15) is 12.1 Å². The van der Waals surface area contributed by atoms with E-state index in [0.29, 0.717) is 30.8 Å². The van der Waals surface area contributed by atoms with Gasteiger partial charge >= 0.3 is 0 Å². The van der Waals surface area contributed by atoms with Crippen molar-refractivity contribution in [3.63, 3.8) is 0 Å². The third-order valence-electron chi connectivity index (χ3n) is 6.36. The Balaban J connectivity index is 1.24. The number of halogens is 1. The van der Waals surface area contributed by atoms with Gasteiger partial charge in [-0.1, -0.05) is 0 Å². The Morgan fingerprint density at radius 3 is 2.50 bits per heavy atom. The quantitative estimate of drug-likeness (QED) is 0.739. The van der Waals surface area contributed by atoms with Gasteiger partial charge in [0, 0.05) is 51.4 Å². The van der Waals surface area contributed by atoms with Crippen LogP contribution in [-0.4, -0.2) is 72.4 Å². The molecule has 4 heterocycles. The molecule has 8 nitrogen and oxygen atoms in total. The Morgan fingerprint density at radius 1 is 1.00 bits per heavy atom. The fourth-order valence-electron chi connectivity index (χ4n) is 4.34. The molecule has 0 N–H and O–H groups in total. The van der Waals surface area contributed by atoms with Crippen LogP contribution in [0.5, 0.6) is 0 Å². The fraction of sp³-hybridized carbons (Fsp3) is 0.619. The van der Waals surface area contributed by atoms with E-state index in [1.807, 2.05) is 12.3 Å². The topological polar surface area (TPSA) is 70.5 Å². The largest absolute Gasteiger partial charge is 0.378 e. The van der Waals surface area contributed by atoms with Gasteiger partial charge in [-0.2, -0.15) is 4.98 Å². The molecule has 0 spiro atoms. The molecule has 2 aromatic heterocycles. The molecule has 3 fully saturated rings. The number of nitrogens with zero attached hydrogens (tertiary/aromatic N) is 7. The number of aromatic nitrogens is 4. The van der Waals surface area contributed by atoms with Crippen LogP contribution in [0, 0.1) is 5.82 Å². The molecule has 0 aromatic carbocycles. The van der Waals surface area contributed by atoms with Crippen LogP contribution in [-0.2, 0) is 4.74 Å². The van der Waals surface area contributed by atoms with E-state index in [0.717, 1.165) is 63.6 Å². The Labute approximate surface area is 176 Å². The molecule has 0 unspecified atom stereocenters. The second-order valence-electron chi connectivity index (χ2n) is 8.31. The summed E-state index contributed by atoms with van der Waals surface area (Å²) in [5.41, 5.74) is 0.593. The van der Waals surface area contributed by atoms with E-state index in [2.05, 4.69) is 36.7 Å². The molecule has 160 valence electrons. The predicted molar refractivity (Wildman–Crippen MR) is 113 cm³/mol. The van der Waals surface area contributed by atoms with Gasteiger partial charge in [-0.3, -0.25) is 0 Å². The van der Waals surface area contributed by atoms with Gasteiger partial charge in [0.15, 0.2) is 11.6 Å². The molecule has 3 aliphatic rings. The SMILES string of the molecule is CN(c1ccnc(N2CCOCC2)n1)C1CCN(c2ncnc(C3CC3)c2F)CC1. The maximum Gasteiger partial charge on any atom is 0.227 e. The van der Waals surface area contributed by atoms with Crippen LogP contribution < -0.4 is 14.7 Å². The minimum absolute atomic E-state index is 0.224. The number of morpholine rings is 1. The first-order chi connectivity index (χ1) is 14.7. The minimum atomic E-state index is -0.224. The van der Waals surface area contributed by atoms with Gasteiger partial charge in [-0.05, 0) is 31.7 Å². The van der Waals surface area contributed by atoms with Gasteiger partial charge in [0.25, 0.3) is 0 Å². The van der Waals surface area contributed by atoms with Crippen molar-refractivity contribution >= 4 is 17.6 Å². The fourth-order valence-corrected chi connectivity index (χ4v) is 4.34. The van der Waals surface area contributed by atoms with Crippen molar-refractivity contribution in [2.75, 3.05) is 61.1 Å². The standard InChI is InChI=1S/C21H28FN7O/c1-27(17-4-7-23-21(26-17)29-10-12-30-13-11-29)16-5-8-28(9-6-16)20-18(22)19(15-2-3-15)24-14-25-20/h4,7,14-16H,2-3,5-6,8-13H2,1H3. The monoisotopic (exact) mass is 413 g/mol. The Bertz CT molecular complexity index is 879. The second-order valence-corrected chi connectivity index (χ2v) is 8.31. The van der Waals surface area contributed by atoms with Crippen molar-refractivity contribution in [3.05, 3.63) is 30.1 Å². The zero-order valence-corrected chi connectivity index (χ0v) is 17.4. The molecule has 30 heavy (non-hydrogen) atoms. The van der Waals surface area contributed by atoms with Crippen molar-refractivity contribution in [1.82, 2.24) is 19.9 Å². The van der Waals surface area contributed by atoms with Crippen molar-refractivity contribution in [2.24, 2.45) is 0 Å². The highest BCUT2D eigenvalue weighted by molar-refractivity contribution is 5.46. The summed E-state index contributed by atoms with van der Waals surface area (Å²) in [5.74, 6) is 2.21. The summed E-state index contributed by atoms with van der Waals surface area (Å²) in [6.45, 7) is 4.61. The Morgan fingerprint density at radius 2 is 1.77 bits per heavy atom. The molecule has 0 atom stereocenters. The van der Waals surface area contributed by atoms with Crippen LogP contribution in [0.25, 0.3) is 0 Å². The summed E-state index contributed by atoms with van der Waals surface area (Å²) in [6, 6.07) is 2.31. The summed E-state index contributed by atoms with van der Waals surface area (Å²) < 4.78 is 20.3. The normalized spacial score (nSPS) is 20.5. The lowest BCUT2D eigenvalue weighted by Crippen LogP contribution is -2.44. The zero-order valence-electron chi connectivity index (χ0n) is 17.4. The average molecular weight is 414 g/mol. The molecule has 0 bridgehead atoms. The second kappa shape index (κ2) is 8.29. The van der Waals surface area contributed by atoms with Gasteiger partial charge < -0.3 is 19.4 Å². The number of hydrogen-bond acceptors (Lipinski definition) is 8. The van der Waals surface area contributed by atoms with Crippen molar-refractivity contribution in [1.29, 1.82) is 0 Å². The smallest absolute Gasteiger partial charge is 0.227 e. The highest BCUT2D eigenvalue weighted by atomic mass is 19.1. The maximum atomic E-state index is 14.9. The molecule has 2 aliphatic heterocycles. The van der Waals surface area contributed by atoms with E-state index < -0.39 is 0 Å². The molecule has 0 amide bonds. The van der Waals surface area contributed by atoms with Crippen LogP contribution in [0.1, 0.15) is 37.3 Å². The number of anilines is 3. The number of ether oxygens (including phenoxy) is 1. The van der Waals surface area contributed by atoms with Crippen LogP contribution >= 0.6 is 0 Å². The summed E-state index contributed by atoms with van der Waals surface area (Å²) in [4.78, 5) is 24.1. The van der Waals surface area contributed by atoms with Gasteiger partial charge in [0.2, 0.25) is 5.95 Å². The first-order valence-corrected chi connectivity index (χ1v) is 10.8. The number of hydrogen-bond donors (Lipinski definition) is 0. The van der Waals surface area contributed by atoms with E-state index in [-0.39, 0.29) is 11.7 Å². The van der Waals surface area contributed by atoms with E-state index in [4.69, 9.17) is 9.72 Å². The summed E-state index contributed by atoms with van der Waals surface area (Å²) in [5, 5.41) is 0. The molecule has 9 heteroatoms. The summed E-state index contributed by atoms with van der Waals surface area (Å²) >= 11 is 0. The first-order valence-electron chi connectivity index (χ1n) is 10.8. The minimum Gasteiger partial charge on any atom is -0.378 e. The molecule has 2 aromatic rings. The molecule has 1 saturated carbocycles. The summed E-state index contributed by atoms with van der Waals surface area (Å²) in [6.07, 6.45) is 7.26. The third-order valence-corrected chi connectivity index (χ3v) is 6.36. The molecule has 1 aliphatic carbocycles. The number of rotatable bonds is 5. The van der Waals surface area contributed by atoms with E-state index in [9.17, 15) is 4.39 Å². The van der Waals surface area contributed by atoms with Crippen LogP contribution in [0.4, 0.5) is 22.0 Å². The van der Waals surface area contributed by atoms with Crippen LogP contribution in [0.3, 0.4) is 0 Å².